The summed E-state index contributed by atoms with van der Waals surface area (Å²) in [5, 5.41) is 5.64. The molecule has 3 rings (SSSR count). The van der Waals surface area contributed by atoms with Gasteiger partial charge in [-0.3, -0.25) is 0 Å². The van der Waals surface area contributed by atoms with Crippen LogP contribution >= 0.6 is 15.9 Å². The van der Waals surface area contributed by atoms with E-state index in [2.05, 4.69) is 32.3 Å². The first kappa shape index (κ1) is 13.9. The van der Waals surface area contributed by atoms with E-state index in [1.165, 1.54) is 0 Å². The second kappa shape index (κ2) is 6.14. The Morgan fingerprint density at radius 1 is 1.05 bits per heavy atom. The fourth-order valence-corrected chi connectivity index (χ4v) is 2.84. The molecule has 2 aromatic carbocycles. The van der Waals surface area contributed by atoms with Crippen molar-refractivity contribution in [2.75, 3.05) is 12.4 Å². The highest BCUT2D eigenvalue weighted by Gasteiger charge is 2.06. The molecule has 0 aliphatic carbocycles. The summed E-state index contributed by atoms with van der Waals surface area (Å²) in [6.07, 6.45) is 1.82. The quantitative estimate of drug-likeness (QED) is 0.751. The van der Waals surface area contributed by atoms with Gasteiger partial charge in [0.15, 0.2) is 0 Å². The molecule has 4 heteroatoms. The van der Waals surface area contributed by atoms with Gasteiger partial charge in [0.1, 0.15) is 11.6 Å². The second-order valence-electron chi connectivity index (χ2n) is 4.66. The Bertz CT molecular complexity index is 774. The van der Waals surface area contributed by atoms with Crippen LogP contribution in [0.3, 0.4) is 0 Å². The molecule has 0 saturated carbocycles. The predicted molar refractivity (Wildman–Crippen MR) is 89.8 cm³/mol. The van der Waals surface area contributed by atoms with Crippen LogP contribution in [0.1, 0.15) is 5.56 Å². The summed E-state index contributed by atoms with van der Waals surface area (Å²) in [5.41, 5.74) is 1.11. The van der Waals surface area contributed by atoms with E-state index in [-0.39, 0.29) is 0 Å². The summed E-state index contributed by atoms with van der Waals surface area (Å²) in [6, 6.07) is 16.1. The van der Waals surface area contributed by atoms with Gasteiger partial charge >= 0.3 is 0 Å². The van der Waals surface area contributed by atoms with E-state index in [0.29, 0.717) is 6.54 Å². The summed E-state index contributed by atoms with van der Waals surface area (Å²) < 4.78 is 6.44. The number of ether oxygens (including phenoxy) is 1. The van der Waals surface area contributed by atoms with E-state index in [1.807, 2.05) is 48.7 Å². The van der Waals surface area contributed by atoms with E-state index in [4.69, 9.17) is 4.74 Å². The number of rotatable bonds is 4. The zero-order valence-electron chi connectivity index (χ0n) is 11.6. The molecule has 0 aliphatic rings. The minimum absolute atomic E-state index is 0.669. The number of pyridine rings is 1. The molecule has 0 aliphatic heterocycles. The first-order chi connectivity index (χ1) is 10.3. The number of nitrogens with one attached hydrogen (secondary N) is 1. The number of anilines is 1. The lowest BCUT2D eigenvalue weighted by atomic mass is 10.1. The summed E-state index contributed by atoms with van der Waals surface area (Å²) >= 11 is 3.57. The van der Waals surface area contributed by atoms with Crippen LogP contribution in [-0.2, 0) is 6.54 Å². The fourth-order valence-electron chi connectivity index (χ4n) is 2.34. The van der Waals surface area contributed by atoms with Crippen molar-refractivity contribution in [1.29, 1.82) is 0 Å². The van der Waals surface area contributed by atoms with Crippen LogP contribution in [0, 0.1) is 0 Å². The predicted octanol–water partition coefficient (Wildman–Crippen LogP) is 4.62. The number of fused-ring (bicyclic) bond motifs is 1. The second-order valence-corrected chi connectivity index (χ2v) is 5.51. The van der Waals surface area contributed by atoms with Gasteiger partial charge in [-0.05, 0) is 18.2 Å². The molecule has 1 N–H and O–H groups in total. The minimum Gasteiger partial charge on any atom is -0.496 e. The number of benzene rings is 2. The highest BCUT2D eigenvalue weighted by molar-refractivity contribution is 9.10. The SMILES string of the molecule is COc1ccccc1CNc1nccc2c(Br)cccc12. The molecular weight excluding hydrogens is 328 g/mol. The van der Waals surface area contributed by atoms with Gasteiger partial charge in [0.25, 0.3) is 0 Å². The molecule has 0 bridgehead atoms. The van der Waals surface area contributed by atoms with Gasteiger partial charge in [-0.2, -0.15) is 0 Å². The molecule has 3 nitrogen and oxygen atoms in total. The number of nitrogens with zero attached hydrogens (tertiary/aromatic N) is 1. The van der Waals surface area contributed by atoms with Gasteiger partial charge in [0.05, 0.1) is 7.11 Å². The van der Waals surface area contributed by atoms with Gasteiger partial charge in [0.2, 0.25) is 0 Å². The van der Waals surface area contributed by atoms with Crippen LogP contribution in [0.15, 0.2) is 59.2 Å². The Labute approximate surface area is 132 Å². The van der Waals surface area contributed by atoms with Crippen molar-refractivity contribution in [3.8, 4) is 5.75 Å². The van der Waals surface area contributed by atoms with E-state index in [1.54, 1.807) is 7.11 Å². The maximum atomic E-state index is 5.37. The average molecular weight is 343 g/mol. The summed E-state index contributed by atoms with van der Waals surface area (Å²) in [4.78, 5) is 4.45. The van der Waals surface area contributed by atoms with Gasteiger partial charge in [0, 0.05) is 33.6 Å². The number of halogens is 1. The maximum Gasteiger partial charge on any atom is 0.134 e. The molecule has 0 radical (unpaired) electrons. The van der Waals surface area contributed by atoms with Gasteiger partial charge < -0.3 is 10.1 Å². The van der Waals surface area contributed by atoms with Crippen LogP contribution in [0.5, 0.6) is 5.75 Å². The Kier molecular flexibility index (Phi) is 4.06. The molecular formula is C17H15BrN2O. The van der Waals surface area contributed by atoms with Gasteiger partial charge in [-0.25, -0.2) is 4.98 Å². The number of methoxy groups -OCH3 is 1. The third kappa shape index (κ3) is 2.85. The number of aromatic nitrogens is 1. The van der Waals surface area contributed by atoms with Crippen molar-refractivity contribution in [2.45, 2.75) is 6.54 Å². The third-order valence-electron chi connectivity index (χ3n) is 3.39. The Hall–Kier alpha value is -2.07. The molecule has 0 spiro atoms. The third-order valence-corrected chi connectivity index (χ3v) is 4.08. The summed E-state index contributed by atoms with van der Waals surface area (Å²) in [5.74, 6) is 1.76. The smallest absolute Gasteiger partial charge is 0.134 e. The number of hydrogen-bond donors (Lipinski definition) is 1. The Balaban J connectivity index is 1.91. The molecule has 3 aromatic rings. The van der Waals surface area contributed by atoms with Crippen LogP contribution in [-0.4, -0.2) is 12.1 Å². The normalized spacial score (nSPS) is 10.6. The van der Waals surface area contributed by atoms with Crippen molar-refractivity contribution in [3.63, 3.8) is 0 Å². The molecule has 0 saturated heterocycles. The molecule has 0 amide bonds. The highest BCUT2D eigenvalue weighted by Crippen LogP contribution is 2.28. The molecule has 21 heavy (non-hydrogen) atoms. The summed E-state index contributed by atoms with van der Waals surface area (Å²) in [6.45, 7) is 0.669. The van der Waals surface area contributed by atoms with E-state index in [9.17, 15) is 0 Å². The van der Waals surface area contributed by atoms with Crippen LogP contribution < -0.4 is 10.1 Å². The fraction of sp³-hybridized carbons (Fsp3) is 0.118. The Morgan fingerprint density at radius 3 is 2.76 bits per heavy atom. The lowest BCUT2D eigenvalue weighted by Crippen LogP contribution is -2.03. The van der Waals surface area contributed by atoms with E-state index < -0.39 is 0 Å². The maximum absolute atomic E-state index is 5.37. The topological polar surface area (TPSA) is 34.1 Å². The zero-order valence-corrected chi connectivity index (χ0v) is 13.2. The highest BCUT2D eigenvalue weighted by atomic mass is 79.9. The summed E-state index contributed by atoms with van der Waals surface area (Å²) in [7, 11) is 1.69. The van der Waals surface area contributed by atoms with E-state index >= 15 is 0 Å². The lowest BCUT2D eigenvalue weighted by Gasteiger charge is -2.12. The van der Waals surface area contributed by atoms with Crippen molar-refractivity contribution in [1.82, 2.24) is 4.98 Å². The first-order valence-electron chi connectivity index (χ1n) is 6.68. The number of para-hydroxylation sites is 1. The standard InChI is InChI=1S/C17H15BrN2O/c1-21-16-8-3-2-5-12(16)11-20-17-14-6-4-7-15(18)13(14)9-10-19-17/h2-10H,11H2,1H3,(H,19,20). The lowest BCUT2D eigenvalue weighted by molar-refractivity contribution is 0.410. The van der Waals surface area contributed by atoms with Crippen LogP contribution in [0.25, 0.3) is 10.8 Å². The van der Waals surface area contributed by atoms with Crippen LogP contribution in [0.4, 0.5) is 5.82 Å². The average Bonchev–Trinajstić information content (AvgIpc) is 2.53. The van der Waals surface area contributed by atoms with Gasteiger partial charge in [-0.15, -0.1) is 0 Å². The monoisotopic (exact) mass is 342 g/mol. The molecule has 106 valence electrons. The first-order valence-corrected chi connectivity index (χ1v) is 7.48. The van der Waals surface area contributed by atoms with Crippen molar-refractivity contribution >= 4 is 32.5 Å². The van der Waals surface area contributed by atoms with Gasteiger partial charge in [-0.1, -0.05) is 46.3 Å². The van der Waals surface area contributed by atoms with Crippen molar-refractivity contribution in [2.24, 2.45) is 0 Å². The van der Waals surface area contributed by atoms with E-state index in [0.717, 1.165) is 32.4 Å². The minimum atomic E-state index is 0.669. The molecule has 0 fully saturated rings. The molecule has 0 unspecified atom stereocenters. The zero-order chi connectivity index (χ0) is 14.7. The largest absolute Gasteiger partial charge is 0.496 e. The molecule has 0 atom stereocenters. The van der Waals surface area contributed by atoms with Crippen molar-refractivity contribution in [3.05, 3.63) is 64.8 Å². The molecule has 1 heterocycles. The molecule has 1 aromatic heterocycles. The Morgan fingerprint density at radius 2 is 1.90 bits per heavy atom. The van der Waals surface area contributed by atoms with Crippen molar-refractivity contribution < 1.29 is 4.74 Å². The number of hydrogen-bond acceptors (Lipinski definition) is 3. The van der Waals surface area contributed by atoms with Crippen LogP contribution in [0.2, 0.25) is 0 Å².